The van der Waals surface area contributed by atoms with Crippen LogP contribution in [0.5, 0.6) is 5.75 Å². The third kappa shape index (κ3) is 4.30. The molecule has 1 aromatic carbocycles. The van der Waals surface area contributed by atoms with Crippen LogP contribution in [0, 0.1) is 5.92 Å². The number of rotatable bonds is 6. The molecule has 1 aromatic rings. The molecule has 0 bridgehead atoms. The lowest BCUT2D eigenvalue weighted by Gasteiger charge is -2.44. The van der Waals surface area contributed by atoms with E-state index in [1.807, 2.05) is 0 Å². The maximum atomic E-state index is 12.6. The van der Waals surface area contributed by atoms with Gasteiger partial charge in [0.05, 0.1) is 31.0 Å². The largest absolute Gasteiger partial charge is 0.508 e. The molecule has 7 N–H and O–H groups in total. The number of aliphatic hydroxyl groups excluding tert-OH is 5. The van der Waals surface area contributed by atoms with Gasteiger partial charge in [0.25, 0.3) is 0 Å². The van der Waals surface area contributed by atoms with Gasteiger partial charge in [-0.1, -0.05) is 0 Å². The molecule has 2 heterocycles. The second-order valence-electron chi connectivity index (χ2n) is 8.28. The van der Waals surface area contributed by atoms with Crippen molar-refractivity contribution in [1.29, 1.82) is 0 Å². The molecule has 0 amide bonds. The van der Waals surface area contributed by atoms with Crippen LogP contribution < -0.4 is 0 Å². The summed E-state index contributed by atoms with van der Waals surface area (Å²) in [6.07, 6.45) is -6.71. The van der Waals surface area contributed by atoms with Crippen molar-refractivity contribution in [2.24, 2.45) is 5.92 Å². The quantitative estimate of drug-likeness (QED) is 0.172. The highest BCUT2D eigenvalue weighted by atomic mass is 16.8. The van der Waals surface area contributed by atoms with Gasteiger partial charge in [-0.25, -0.2) is 4.79 Å². The van der Waals surface area contributed by atoms with E-state index in [4.69, 9.17) is 18.9 Å². The Labute approximate surface area is 193 Å². The van der Waals surface area contributed by atoms with Crippen molar-refractivity contribution in [2.45, 2.75) is 48.7 Å². The van der Waals surface area contributed by atoms with Crippen LogP contribution in [0.3, 0.4) is 0 Å². The van der Waals surface area contributed by atoms with Crippen molar-refractivity contribution < 1.29 is 59.5 Å². The molecule has 1 aliphatic carbocycles. The highest BCUT2D eigenvalue weighted by Gasteiger charge is 2.57. The number of carbonyl (C=O) groups is 1. The third-order valence-electron chi connectivity index (χ3n) is 6.18. The van der Waals surface area contributed by atoms with Crippen molar-refractivity contribution in [3.63, 3.8) is 0 Å². The minimum atomic E-state index is -1.90. The van der Waals surface area contributed by atoms with Gasteiger partial charge in [0, 0.05) is 0 Å². The Morgan fingerprint density at radius 1 is 1.03 bits per heavy atom. The third-order valence-corrected chi connectivity index (χ3v) is 6.18. The van der Waals surface area contributed by atoms with E-state index in [1.54, 1.807) is 0 Å². The average molecular weight is 482 g/mol. The zero-order valence-electron chi connectivity index (χ0n) is 17.7. The molecule has 3 aliphatic rings. The number of phenols is 1. The lowest BCUT2D eigenvalue weighted by molar-refractivity contribution is -0.344. The smallest absolute Gasteiger partial charge is 0.338 e. The van der Waals surface area contributed by atoms with Crippen LogP contribution in [-0.4, -0.2) is 104 Å². The van der Waals surface area contributed by atoms with Gasteiger partial charge in [0.1, 0.15) is 35.8 Å². The van der Waals surface area contributed by atoms with Crippen molar-refractivity contribution in [3.05, 3.63) is 53.8 Å². The first-order valence-corrected chi connectivity index (χ1v) is 10.5. The number of benzene rings is 1. The number of ether oxygens (including phenoxy) is 4. The van der Waals surface area contributed by atoms with Crippen molar-refractivity contribution in [2.75, 3.05) is 13.2 Å². The predicted octanol–water partition coefficient (Wildman–Crippen LogP) is -2.12. The van der Waals surface area contributed by atoms with E-state index in [0.717, 1.165) is 6.26 Å². The van der Waals surface area contributed by atoms with Crippen LogP contribution in [0.25, 0.3) is 0 Å². The van der Waals surface area contributed by atoms with Crippen molar-refractivity contribution in [1.82, 2.24) is 0 Å². The van der Waals surface area contributed by atoms with E-state index in [-0.39, 0.29) is 16.9 Å². The van der Waals surface area contributed by atoms with Gasteiger partial charge in [0.2, 0.25) is 6.29 Å². The number of phenolic OH excluding ortho intramolecular Hbond substituents is 1. The summed E-state index contributed by atoms with van der Waals surface area (Å²) in [5.41, 5.74) is -1.57. The minimum Gasteiger partial charge on any atom is -0.508 e. The monoisotopic (exact) mass is 482 g/mol. The van der Waals surface area contributed by atoms with Gasteiger partial charge in [-0.3, -0.25) is 0 Å². The van der Waals surface area contributed by atoms with Crippen molar-refractivity contribution >= 4 is 5.97 Å². The Morgan fingerprint density at radius 2 is 1.74 bits per heavy atom. The first kappa shape index (κ1) is 24.6. The minimum absolute atomic E-state index is 0.0425. The van der Waals surface area contributed by atoms with Crippen LogP contribution in [0.1, 0.15) is 10.4 Å². The number of esters is 1. The molecule has 0 radical (unpaired) electrons. The topological polar surface area (TPSA) is 196 Å². The summed E-state index contributed by atoms with van der Waals surface area (Å²) >= 11 is 0. The molecule has 1 fully saturated rings. The molecule has 12 nitrogen and oxygen atoms in total. The second-order valence-corrected chi connectivity index (χ2v) is 8.28. The van der Waals surface area contributed by atoms with Crippen LogP contribution >= 0.6 is 0 Å². The zero-order valence-corrected chi connectivity index (χ0v) is 17.7. The standard InChI is InChI=1S/C22H26O12/c23-8-11-7-14(33-19(29)10-1-3-12(25)4-2-10)22(30)5-6-31-20(15(11)22)34-21-18(28)17(27)16(26)13(9-24)32-21/h1-7,13-18,20-21,23-28,30H,8-9H2/t13-,14-,15-,16+,17+,18+,20+,21+,22-/m0/s1. The van der Waals surface area contributed by atoms with E-state index in [0.29, 0.717) is 0 Å². The Kier molecular flexibility index (Phi) is 6.94. The molecule has 4 rings (SSSR count). The summed E-state index contributed by atoms with van der Waals surface area (Å²) < 4.78 is 21.9. The number of hydrogen-bond acceptors (Lipinski definition) is 12. The fourth-order valence-electron chi connectivity index (χ4n) is 4.28. The van der Waals surface area contributed by atoms with Crippen LogP contribution in [-0.2, 0) is 18.9 Å². The molecular weight excluding hydrogens is 456 g/mol. The Morgan fingerprint density at radius 3 is 2.38 bits per heavy atom. The predicted molar refractivity (Wildman–Crippen MR) is 110 cm³/mol. The van der Waals surface area contributed by atoms with Gasteiger partial charge < -0.3 is 54.7 Å². The highest BCUT2D eigenvalue weighted by molar-refractivity contribution is 5.89. The van der Waals surface area contributed by atoms with Crippen LogP contribution in [0.4, 0.5) is 0 Å². The summed E-state index contributed by atoms with van der Waals surface area (Å²) in [4.78, 5) is 12.6. The maximum absolute atomic E-state index is 12.6. The van der Waals surface area contributed by atoms with Gasteiger partial charge in [-0.05, 0) is 42.0 Å². The normalized spacial score (nSPS) is 39.2. The van der Waals surface area contributed by atoms with Gasteiger partial charge in [-0.15, -0.1) is 0 Å². The Hall–Kier alpha value is -2.55. The number of hydrogen-bond donors (Lipinski definition) is 7. The van der Waals surface area contributed by atoms with E-state index >= 15 is 0 Å². The fraction of sp³-hybridized carbons (Fsp3) is 0.500. The molecule has 34 heavy (non-hydrogen) atoms. The van der Waals surface area contributed by atoms with Gasteiger partial charge in [-0.2, -0.15) is 0 Å². The second kappa shape index (κ2) is 9.60. The molecule has 9 atom stereocenters. The summed E-state index contributed by atoms with van der Waals surface area (Å²) in [5.74, 6) is -1.94. The summed E-state index contributed by atoms with van der Waals surface area (Å²) in [6, 6.07) is 5.29. The number of aliphatic hydroxyl groups is 6. The zero-order chi connectivity index (χ0) is 24.6. The Bertz CT molecular complexity index is 944. The molecule has 0 aromatic heterocycles. The molecule has 0 unspecified atom stereocenters. The average Bonchev–Trinajstić information content (AvgIpc) is 3.11. The molecule has 186 valence electrons. The van der Waals surface area contributed by atoms with Crippen LogP contribution in [0.2, 0.25) is 0 Å². The van der Waals surface area contributed by atoms with Crippen molar-refractivity contribution in [3.8, 4) is 5.75 Å². The first-order valence-electron chi connectivity index (χ1n) is 10.5. The number of carbonyl (C=O) groups excluding carboxylic acids is 1. The van der Waals surface area contributed by atoms with E-state index in [1.165, 1.54) is 36.4 Å². The summed E-state index contributed by atoms with van der Waals surface area (Å²) in [7, 11) is 0. The maximum Gasteiger partial charge on any atom is 0.338 e. The SMILES string of the molecule is O=C(O[C@H]1C=C(CO)[C@H]2[C@@H](O[C@H]3O[C@@H](CO)[C@@H](O)[C@@H](O)[C@H]3O)OC=C[C@]12O)c1ccc(O)cc1. The molecular formula is C22H26O12. The summed E-state index contributed by atoms with van der Waals surface area (Å²) in [5, 5.41) is 70.3. The molecule has 1 saturated heterocycles. The van der Waals surface area contributed by atoms with E-state index in [2.05, 4.69) is 0 Å². The molecule has 0 saturated carbocycles. The summed E-state index contributed by atoms with van der Waals surface area (Å²) in [6.45, 7) is -1.22. The van der Waals surface area contributed by atoms with Crippen LogP contribution in [0.15, 0.2) is 48.3 Å². The fourth-order valence-corrected chi connectivity index (χ4v) is 4.28. The molecule has 12 heteroatoms. The number of fused-ring (bicyclic) bond motifs is 1. The lowest BCUT2D eigenvalue weighted by atomic mass is 9.83. The molecule has 2 aliphatic heterocycles. The van der Waals surface area contributed by atoms with Gasteiger partial charge >= 0.3 is 5.97 Å². The van der Waals surface area contributed by atoms with Gasteiger partial charge in [0.15, 0.2) is 12.4 Å². The Balaban J connectivity index is 1.54. The van der Waals surface area contributed by atoms with E-state index < -0.39 is 73.8 Å². The highest BCUT2D eigenvalue weighted by Crippen LogP contribution is 2.45. The first-order chi connectivity index (χ1) is 16.2. The van der Waals surface area contributed by atoms with E-state index in [9.17, 15) is 40.5 Å². The lowest BCUT2D eigenvalue weighted by Crippen LogP contribution is -2.61. The molecule has 0 spiro atoms. The number of aromatic hydroxyl groups is 1.